The van der Waals surface area contributed by atoms with E-state index < -0.39 is 29.1 Å². The van der Waals surface area contributed by atoms with Gasteiger partial charge in [0, 0.05) is 35.3 Å². The summed E-state index contributed by atoms with van der Waals surface area (Å²) in [6.45, 7) is 7.49. The lowest BCUT2D eigenvalue weighted by Crippen LogP contribution is -2.51. The van der Waals surface area contributed by atoms with Crippen molar-refractivity contribution in [2.75, 3.05) is 26.3 Å². The average Bonchev–Trinajstić information content (AvgIpc) is 3.07. The second kappa shape index (κ2) is 9.69. The fourth-order valence-electron chi connectivity index (χ4n) is 4.90. The normalized spacial score (nSPS) is 26.2. The van der Waals surface area contributed by atoms with Gasteiger partial charge in [0.1, 0.15) is 17.7 Å². The lowest BCUT2D eigenvalue weighted by molar-refractivity contribution is -0.137. The summed E-state index contributed by atoms with van der Waals surface area (Å²) in [5.74, 6) is -2.60. The molecular weight excluding hydrogens is 495 g/mol. The number of halogens is 4. The Balaban J connectivity index is 1.98. The molecule has 9 heteroatoms. The van der Waals surface area contributed by atoms with Gasteiger partial charge in [0.2, 0.25) is 5.91 Å². The minimum atomic E-state index is -1.61. The van der Waals surface area contributed by atoms with Gasteiger partial charge in [0.15, 0.2) is 0 Å². The van der Waals surface area contributed by atoms with E-state index in [2.05, 4.69) is 5.32 Å². The van der Waals surface area contributed by atoms with E-state index in [0.717, 1.165) is 0 Å². The third-order valence-electron chi connectivity index (χ3n) is 6.44. The third kappa shape index (κ3) is 4.92. The van der Waals surface area contributed by atoms with Crippen molar-refractivity contribution in [3.63, 3.8) is 0 Å². The van der Waals surface area contributed by atoms with Gasteiger partial charge in [-0.15, -0.1) is 0 Å². The van der Waals surface area contributed by atoms with Gasteiger partial charge >= 0.3 is 0 Å². The molecular formula is C26H29Cl2F2N3O2. The summed E-state index contributed by atoms with van der Waals surface area (Å²) in [5, 5.41) is 3.36. The second-order valence-electron chi connectivity index (χ2n) is 10.1. The predicted octanol–water partition coefficient (Wildman–Crippen LogP) is 4.97. The van der Waals surface area contributed by atoms with E-state index in [1.54, 1.807) is 17.0 Å². The van der Waals surface area contributed by atoms with Crippen LogP contribution >= 0.6 is 23.2 Å². The summed E-state index contributed by atoms with van der Waals surface area (Å²) < 4.78 is 36.4. The number of ether oxygens (including phenoxy) is 1. The molecule has 1 amide bonds. The number of benzene rings is 2. The molecule has 35 heavy (non-hydrogen) atoms. The first kappa shape index (κ1) is 25.9. The zero-order chi connectivity index (χ0) is 25.5. The molecule has 0 spiro atoms. The lowest BCUT2D eigenvalue weighted by atomic mass is 9.71. The summed E-state index contributed by atoms with van der Waals surface area (Å²) in [4.78, 5) is 15.5. The molecule has 0 aromatic heterocycles. The van der Waals surface area contributed by atoms with Crippen LogP contribution in [0.4, 0.5) is 8.78 Å². The van der Waals surface area contributed by atoms with Crippen LogP contribution in [-0.4, -0.2) is 43.2 Å². The minimum absolute atomic E-state index is 0.103. The first-order valence-electron chi connectivity index (χ1n) is 11.5. The number of nitrogens with zero attached hydrogens (tertiary/aromatic N) is 1. The second-order valence-corrected chi connectivity index (χ2v) is 10.9. The van der Waals surface area contributed by atoms with Crippen LogP contribution in [0, 0.1) is 17.0 Å². The zero-order valence-corrected chi connectivity index (χ0v) is 21.4. The van der Waals surface area contributed by atoms with E-state index in [1.165, 1.54) is 24.3 Å². The van der Waals surface area contributed by atoms with E-state index in [0.29, 0.717) is 32.0 Å². The van der Waals surface area contributed by atoms with Gasteiger partial charge in [-0.1, -0.05) is 68.2 Å². The van der Waals surface area contributed by atoms with Crippen LogP contribution < -0.4 is 11.1 Å². The fourth-order valence-corrected chi connectivity index (χ4v) is 5.24. The van der Waals surface area contributed by atoms with Crippen LogP contribution in [0.1, 0.15) is 37.8 Å². The molecule has 0 unspecified atom stereocenters. The maximum absolute atomic E-state index is 15.5. The molecule has 3 atom stereocenters. The molecule has 2 aliphatic heterocycles. The van der Waals surface area contributed by atoms with Crippen molar-refractivity contribution in [3.8, 4) is 0 Å². The monoisotopic (exact) mass is 523 g/mol. The molecule has 0 radical (unpaired) electrons. The van der Waals surface area contributed by atoms with Crippen LogP contribution in [-0.2, 0) is 15.1 Å². The first-order chi connectivity index (χ1) is 16.4. The van der Waals surface area contributed by atoms with E-state index in [9.17, 15) is 4.79 Å². The van der Waals surface area contributed by atoms with E-state index in [1.807, 2.05) is 26.8 Å². The Bertz CT molecular complexity index is 1160. The third-order valence-corrected chi connectivity index (χ3v) is 6.97. The van der Waals surface area contributed by atoms with Crippen molar-refractivity contribution >= 4 is 29.1 Å². The summed E-state index contributed by atoms with van der Waals surface area (Å²) in [7, 11) is 0. The zero-order valence-electron chi connectivity index (χ0n) is 19.9. The van der Waals surface area contributed by atoms with Gasteiger partial charge in [-0.3, -0.25) is 4.79 Å². The highest BCUT2D eigenvalue weighted by atomic mass is 35.5. The quantitative estimate of drug-likeness (QED) is 0.595. The summed E-state index contributed by atoms with van der Waals surface area (Å²) in [5.41, 5.74) is 5.79. The Morgan fingerprint density at radius 3 is 2.51 bits per heavy atom. The minimum Gasteiger partial charge on any atom is -0.378 e. The molecule has 2 aliphatic rings. The Morgan fingerprint density at radius 1 is 1.20 bits per heavy atom. The highest BCUT2D eigenvalue weighted by molar-refractivity contribution is 6.31. The SMILES string of the molecule is CC(C)(C)/C=C1/N[C@@H](C(=O)N2CCOCC2)[C@H](c2cccc(Cl)c2F)[C@@]1(N)c1ccc(Cl)cc1F. The van der Waals surface area contributed by atoms with Crippen LogP contribution in [0.15, 0.2) is 48.2 Å². The number of nitrogens with one attached hydrogen (secondary N) is 1. The molecule has 4 rings (SSSR count). The number of carbonyl (C=O) groups excluding carboxylic acids is 1. The molecule has 2 heterocycles. The summed E-state index contributed by atoms with van der Waals surface area (Å²) in [6, 6.07) is 7.80. The number of hydrogen-bond acceptors (Lipinski definition) is 4. The van der Waals surface area contributed by atoms with Crippen molar-refractivity contribution in [2.24, 2.45) is 11.1 Å². The standard InChI is InChI=1S/C26H29Cl2F2N3O2/c1-25(2,3)14-20-26(31,17-8-7-15(27)13-19(17)29)21(16-5-4-6-18(28)22(16)30)23(32-20)24(34)33-9-11-35-12-10-33/h4-8,13-14,21,23,32H,9-12,31H2,1-3H3/b20-14+/t21-,23+,26+/m0/s1. The van der Waals surface area contributed by atoms with Crippen molar-refractivity contribution in [2.45, 2.75) is 38.3 Å². The number of carbonyl (C=O) groups is 1. The maximum atomic E-state index is 15.5. The Kier molecular flexibility index (Phi) is 7.17. The largest absolute Gasteiger partial charge is 0.378 e. The van der Waals surface area contributed by atoms with Crippen molar-refractivity contribution in [1.29, 1.82) is 0 Å². The molecule has 2 fully saturated rings. The first-order valence-corrected chi connectivity index (χ1v) is 12.2. The van der Waals surface area contributed by atoms with Gasteiger partial charge < -0.3 is 20.7 Å². The molecule has 5 nitrogen and oxygen atoms in total. The van der Waals surface area contributed by atoms with E-state index in [-0.39, 0.29) is 32.5 Å². The van der Waals surface area contributed by atoms with Gasteiger partial charge in [0.05, 0.1) is 23.8 Å². The Morgan fingerprint density at radius 2 is 1.89 bits per heavy atom. The average molecular weight is 524 g/mol. The number of amides is 1. The van der Waals surface area contributed by atoms with Crippen LogP contribution in [0.5, 0.6) is 0 Å². The van der Waals surface area contributed by atoms with E-state index in [4.69, 9.17) is 33.7 Å². The lowest BCUT2D eigenvalue weighted by Gasteiger charge is -2.36. The number of hydrogen-bond donors (Lipinski definition) is 2. The number of morpholine rings is 1. The highest BCUT2D eigenvalue weighted by Gasteiger charge is 2.56. The molecule has 2 aromatic rings. The van der Waals surface area contributed by atoms with Crippen LogP contribution in [0.25, 0.3) is 0 Å². The Hall–Kier alpha value is -2.19. The van der Waals surface area contributed by atoms with Gasteiger partial charge in [-0.25, -0.2) is 8.78 Å². The maximum Gasteiger partial charge on any atom is 0.245 e. The van der Waals surface area contributed by atoms with Crippen molar-refractivity contribution in [1.82, 2.24) is 10.2 Å². The molecule has 188 valence electrons. The highest BCUT2D eigenvalue weighted by Crippen LogP contribution is 2.50. The number of nitrogens with two attached hydrogens (primary N) is 1. The van der Waals surface area contributed by atoms with E-state index >= 15 is 8.78 Å². The topological polar surface area (TPSA) is 67.6 Å². The molecule has 0 aliphatic carbocycles. The fraction of sp³-hybridized carbons (Fsp3) is 0.423. The molecule has 0 saturated carbocycles. The van der Waals surface area contributed by atoms with Crippen LogP contribution in [0.3, 0.4) is 0 Å². The summed E-state index contributed by atoms with van der Waals surface area (Å²) in [6.07, 6.45) is 1.86. The molecule has 2 aromatic carbocycles. The smallest absolute Gasteiger partial charge is 0.245 e. The van der Waals surface area contributed by atoms with Gasteiger partial charge in [-0.2, -0.15) is 0 Å². The summed E-state index contributed by atoms with van der Waals surface area (Å²) >= 11 is 12.2. The van der Waals surface area contributed by atoms with Crippen molar-refractivity contribution < 1.29 is 18.3 Å². The predicted molar refractivity (Wildman–Crippen MR) is 133 cm³/mol. The van der Waals surface area contributed by atoms with Gasteiger partial charge in [-0.05, 0) is 29.2 Å². The number of rotatable bonds is 3. The molecule has 3 N–H and O–H groups in total. The van der Waals surface area contributed by atoms with Crippen LogP contribution in [0.2, 0.25) is 10.0 Å². The molecule has 2 saturated heterocycles. The Labute approximate surface area is 214 Å². The number of allylic oxidation sites excluding steroid dienone is 1. The molecule has 0 bridgehead atoms. The van der Waals surface area contributed by atoms with Gasteiger partial charge in [0.25, 0.3) is 0 Å². The van der Waals surface area contributed by atoms with Crippen molar-refractivity contribution in [3.05, 3.63) is 81.0 Å².